The fourth-order valence-electron chi connectivity index (χ4n) is 5.62. The van der Waals surface area contributed by atoms with Gasteiger partial charge in [-0.3, -0.25) is 4.79 Å². The van der Waals surface area contributed by atoms with E-state index in [4.69, 9.17) is 4.74 Å². The van der Waals surface area contributed by atoms with Crippen molar-refractivity contribution in [2.45, 2.75) is 44.2 Å². The number of likely N-dealkylation sites (tertiary alicyclic amines) is 1. The zero-order valence-electron chi connectivity index (χ0n) is 15.0. The number of fused-ring (bicyclic) bond motifs is 2. The number of hydrogen-bond donors (Lipinski definition) is 0. The van der Waals surface area contributed by atoms with E-state index in [2.05, 4.69) is 24.0 Å². The number of nitrogens with zero attached hydrogens (tertiary/aromatic N) is 1. The number of piperidine rings is 1. The van der Waals surface area contributed by atoms with Crippen molar-refractivity contribution >= 4 is 5.91 Å². The summed E-state index contributed by atoms with van der Waals surface area (Å²) in [4.78, 5) is 15.3. The van der Waals surface area contributed by atoms with Gasteiger partial charge in [0.25, 0.3) is 5.91 Å². The smallest absolute Gasteiger partial charge is 0.254 e. The van der Waals surface area contributed by atoms with Crippen molar-refractivity contribution in [1.29, 1.82) is 0 Å². The maximum atomic E-state index is 13.2. The lowest BCUT2D eigenvalue weighted by Crippen LogP contribution is -2.80. The topological polar surface area (TPSA) is 29.5 Å². The van der Waals surface area contributed by atoms with E-state index in [0.717, 1.165) is 29.7 Å². The van der Waals surface area contributed by atoms with Gasteiger partial charge in [0.2, 0.25) is 0 Å². The fourth-order valence-corrected chi connectivity index (χ4v) is 5.62. The number of aryl methyl sites for hydroxylation is 1. The van der Waals surface area contributed by atoms with Gasteiger partial charge >= 0.3 is 0 Å². The Hall–Kier alpha value is -2.29. The molecule has 1 aliphatic heterocycles. The van der Waals surface area contributed by atoms with Crippen LogP contribution in [0.3, 0.4) is 0 Å². The summed E-state index contributed by atoms with van der Waals surface area (Å²) in [5.74, 6) is 1.75. The highest BCUT2D eigenvalue weighted by Crippen LogP contribution is 2.64. The molecule has 3 heteroatoms. The standard InChI is InChI=1S/C22H23NO2/c1-13-6-4-5-7-16(13)21(24)23-18-10-14-8-9-15(25-3)11-17(14)22(2)12-19(23)20(18)22/h4-9,11,18-20H,10,12H2,1-3H3/t18-,19?,20-,22+/m1/s1. The van der Waals surface area contributed by atoms with Crippen LogP contribution in [0.2, 0.25) is 0 Å². The minimum Gasteiger partial charge on any atom is -0.497 e. The third-order valence-electron chi connectivity index (χ3n) is 6.88. The molecule has 2 aliphatic carbocycles. The lowest BCUT2D eigenvalue weighted by atomic mass is 9.43. The number of amides is 1. The molecule has 25 heavy (non-hydrogen) atoms. The molecule has 5 rings (SSSR count). The average molecular weight is 333 g/mol. The van der Waals surface area contributed by atoms with Crippen LogP contribution in [0, 0.1) is 12.8 Å². The van der Waals surface area contributed by atoms with Crippen LogP contribution < -0.4 is 4.74 Å². The number of carbonyl (C=O) groups is 1. The number of benzene rings is 2. The first-order valence-corrected chi connectivity index (χ1v) is 9.10. The molecule has 2 aromatic rings. The molecule has 2 fully saturated rings. The zero-order chi connectivity index (χ0) is 17.3. The van der Waals surface area contributed by atoms with Gasteiger partial charge in [-0.15, -0.1) is 0 Å². The van der Waals surface area contributed by atoms with Gasteiger partial charge in [-0.25, -0.2) is 0 Å². The molecular weight excluding hydrogens is 310 g/mol. The SMILES string of the molecule is COc1ccc2c(c1)[C@]1(C)CC3[C@H]1[C@@H](C2)N3C(=O)c1ccccc1C. The van der Waals surface area contributed by atoms with Crippen LogP contribution in [-0.2, 0) is 11.8 Å². The Bertz CT molecular complexity index is 889. The highest BCUT2D eigenvalue weighted by atomic mass is 16.5. The molecule has 0 bridgehead atoms. The van der Waals surface area contributed by atoms with E-state index in [1.54, 1.807) is 7.11 Å². The molecule has 2 aromatic carbocycles. The zero-order valence-corrected chi connectivity index (χ0v) is 15.0. The van der Waals surface area contributed by atoms with E-state index < -0.39 is 0 Å². The van der Waals surface area contributed by atoms with Gasteiger partial charge in [0, 0.05) is 29.0 Å². The van der Waals surface area contributed by atoms with Gasteiger partial charge in [-0.1, -0.05) is 31.2 Å². The maximum Gasteiger partial charge on any atom is 0.254 e. The molecule has 1 unspecified atom stereocenters. The van der Waals surface area contributed by atoms with Crippen LogP contribution in [0.15, 0.2) is 42.5 Å². The van der Waals surface area contributed by atoms with E-state index in [1.165, 1.54) is 11.1 Å². The largest absolute Gasteiger partial charge is 0.497 e. The van der Waals surface area contributed by atoms with Crippen LogP contribution in [0.1, 0.15) is 40.4 Å². The number of rotatable bonds is 2. The van der Waals surface area contributed by atoms with Gasteiger partial charge in [0.05, 0.1) is 7.11 Å². The van der Waals surface area contributed by atoms with Gasteiger partial charge < -0.3 is 9.64 Å². The van der Waals surface area contributed by atoms with Gasteiger partial charge in [-0.2, -0.15) is 0 Å². The number of ether oxygens (including phenoxy) is 1. The average Bonchev–Trinajstić information content (AvgIpc) is 2.59. The monoisotopic (exact) mass is 333 g/mol. The molecular formula is C22H23NO2. The lowest BCUT2D eigenvalue weighted by molar-refractivity contribution is -0.155. The second-order valence-corrected chi connectivity index (χ2v) is 8.04. The van der Waals surface area contributed by atoms with Gasteiger partial charge in [0.1, 0.15) is 5.75 Å². The summed E-state index contributed by atoms with van der Waals surface area (Å²) in [5.41, 5.74) is 4.94. The summed E-state index contributed by atoms with van der Waals surface area (Å²) < 4.78 is 5.44. The Labute approximate surface area is 148 Å². The van der Waals surface area contributed by atoms with Gasteiger partial charge in [-0.05, 0) is 54.7 Å². The van der Waals surface area contributed by atoms with E-state index >= 15 is 0 Å². The summed E-state index contributed by atoms with van der Waals surface area (Å²) >= 11 is 0. The molecule has 0 spiro atoms. The maximum absolute atomic E-state index is 13.2. The van der Waals surface area contributed by atoms with Crippen LogP contribution >= 0.6 is 0 Å². The van der Waals surface area contributed by atoms with Crippen molar-refractivity contribution in [1.82, 2.24) is 4.90 Å². The Morgan fingerprint density at radius 3 is 2.76 bits per heavy atom. The molecule has 1 saturated carbocycles. The lowest BCUT2D eigenvalue weighted by Gasteiger charge is -2.73. The summed E-state index contributed by atoms with van der Waals surface area (Å²) in [5, 5.41) is 0. The highest BCUT2D eigenvalue weighted by Gasteiger charge is 2.69. The van der Waals surface area contributed by atoms with Crippen molar-refractivity contribution in [2.24, 2.45) is 5.92 Å². The first kappa shape index (κ1) is 15.0. The van der Waals surface area contributed by atoms with Crippen molar-refractivity contribution in [3.05, 3.63) is 64.7 Å². The second-order valence-electron chi connectivity index (χ2n) is 8.04. The first-order chi connectivity index (χ1) is 12.0. The molecule has 0 aromatic heterocycles. The van der Waals surface area contributed by atoms with Crippen molar-refractivity contribution in [2.75, 3.05) is 7.11 Å². The predicted octanol–water partition coefficient (Wildman–Crippen LogP) is 3.73. The second kappa shape index (κ2) is 4.87. The Balaban J connectivity index is 1.50. The van der Waals surface area contributed by atoms with Crippen molar-refractivity contribution in [3.63, 3.8) is 0 Å². The van der Waals surface area contributed by atoms with Gasteiger partial charge in [0.15, 0.2) is 0 Å². The normalized spacial score (nSPS) is 31.3. The quantitative estimate of drug-likeness (QED) is 0.838. The Morgan fingerprint density at radius 2 is 2.00 bits per heavy atom. The molecule has 4 atom stereocenters. The van der Waals surface area contributed by atoms with Crippen LogP contribution in [0.4, 0.5) is 0 Å². The van der Waals surface area contributed by atoms with Crippen LogP contribution in [-0.4, -0.2) is 30.0 Å². The summed E-state index contributed by atoms with van der Waals surface area (Å²) in [6.45, 7) is 4.39. The first-order valence-electron chi connectivity index (χ1n) is 9.10. The Morgan fingerprint density at radius 1 is 1.20 bits per heavy atom. The summed E-state index contributed by atoms with van der Waals surface area (Å²) in [7, 11) is 1.73. The van der Waals surface area contributed by atoms with Crippen molar-refractivity contribution < 1.29 is 9.53 Å². The Kier molecular flexibility index (Phi) is 2.92. The molecule has 1 saturated heterocycles. The fraction of sp³-hybridized carbons (Fsp3) is 0.409. The molecule has 0 N–H and O–H groups in total. The van der Waals surface area contributed by atoms with E-state index in [9.17, 15) is 4.79 Å². The molecule has 1 heterocycles. The minimum absolute atomic E-state index is 0.194. The van der Waals surface area contributed by atoms with E-state index in [1.807, 2.05) is 37.3 Å². The predicted molar refractivity (Wildman–Crippen MR) is 97.1 cm³/mol. The summed E-state index contributed by atoms with van der Waals surface area (Å²) in [6, 6.07) is 15.2. The number of carbonyl (C=O) groups excluding carboxylic acids is 1. The molecule has 3 nitrogen and oxygen atoms in total. The number of hydrogen-bond acceptors (Lipinski definition) is 2. The van der Waals surface area contributed by atoms with Crippen LogP contribution in [0.5, 0.6) is 5.75 Å². The summed E-state index contributed by atoms with van der Waals surface area (Å²) in [6.07, 6.45) is 2.03. The van der Waals surface area contributed by atoms with E-state index in [-0.39, 0.29) is 11.3 Å². The minimum atomic E-state index is 0.194. The van der Waals surface area contributed by atoms with E-state index in [0.29, 0.717) is 18.0 Å². The van der Waals surface area contributed by atoms with Crippen LogP contribution in [0.25, 0.3) is 0 Å². The highest BCUT2D eigenvalue weighted by molar-refractivity contribution is 5.97. The molecule has 1 amide bonds. The molecule has 0 radical (unpaired) electrons. The third kappa shape index (κ3) is 1.79. The number of methoxy groups -OCH3 is 1. The molecule has 128 valence electrons. The van der Waals surface area contributed by atoms with Crippen molar-refractivity contribution in [3.8, 4) is 5.75 Å². The molecule has 3 aliphatic rings. The third-order valence-corrected chi connectivity index (χ3v) is 6.88.